The SMILES string of the molecule is CCn1c(=O)oc2cc(S(=O)(=O)Nc3ccc([N+](=O)[O-])cc3C)c(C)cc21. The maximum atomic E-state index is 12.8. The van der Waals surface area contributed by atoms with Crippen LogP contribution in [0.1, 0.15) is 18.1 Å². The smallest absolute Gasteiger partial charge is 0.408 e. The van der Waals surface area contributed by atoms with Crippen molar-refractivity contribution in [1.29, 1.82) is 0 Å². The third kappa shape index (κ3) is 3.31. The highest BCUT2D eigenvalue weighted by Crippen LogP contribution is 2.27. The van der Waals surface area contributed by atoms with Crippen LogP contribution in [-0.2, 0) is 16.6 Å². The molecule has 9 nitrogen and oxygen atoms in total. The van der Waals surface area contributed by atoms with Gasteiger partial charge in [0.2, 0.25) is 0 Å². The number of fused-ring (bicyclic) bond motifs is 1. The molecule has 142 valence electrons. The van der Waals surface area contributed by atoms with Gasteiger partial charge in [-0.1, -0.05) is 0 Å². The summed E-state index contributed by atoms with van der Waals surface area (Å²) in [5, 5.41) is 10.8. The van der Waals surface area contributed by atoms with Gasteiger partial charge in [-0.15, -0.1) is 0 Å². The van der Waals surface area contributed by atoms with Gasteiger partial charge in [-0.05, 0) is 44.0 Å². The highest BCUT2D eigenvalue weighted by atomic mass is 32.2. The molecule has 1 N–H and O–H groups in total. The molecule has 3 aromatic rings. The van der Waals surface area contributed by atoms with Crippen LogP contribution in [0.15, 0.2) is 44.4 Å². The van der Waals surface area contributed by atoms with Crippen molar-refractivity contribution in [2.75, 3.05) is 4.72 Å². The Balaban J connectivity index is 2.06. The van der Waals surface area contributed by atoms with Gasteiger partial charge in [0.1, 0.15) is 0 Å². The monoisotopic (exact) mass is 391 g/mol. The number of nitrogens with zero attached hydrogens (tertiary/aromatic N) is 2. The molecule has 0 amide bonds. The number of nitro benzene ring substituents is 1. The molecule has 0 radical (unpaired) electrons. The van der Waals surface area contributed by atoms with E-state index in [1.54, 1.807) is 26.8 Å². The van der Waals surface area contributed by atoms with Crippen molar-refractivity contribution in [2.24, 2.45) is 0 Å². The largest absolute Gasteiger partial charge is 0.419 e. The van der Waals surface area contributed by atoms with Gasteiger partial charge >= 0.3 is 5.76 Å². The Bertz CT molecular complexity index is 1220. The lowest BCUT2D eigenvalue weighted by Crippen LogP contribution is -2.15. The van der Waals surface area contributed by atoms with Crippen LogP contribution in [-0.4, -0.2) is 17.9 Å². The third-order valence-electron chi connectivity index (χ3n) is 4.24. The zero-order valence-corrected chi connectivity index (χ0v) is 15.7. The first-order valence-electron chi connectivity index (χ1n) is 8.06. The van der Waals surface area contributed by atoms with Crippen LogP contribution in [0.4, 0.5) is 11.4 Å². The molecule has 1 aromatic heterocycles. The van der Waals surface area contributed by atoms with Gasteiger partial charge in [-0.3, -0.25) is 19.4 Å². The first-order valence-corrected chi connectivity index (χ1v) is 9.54. The molecular weight excluding hydrogens is 374 g/mol. The molecule has 3 rings (SSSR count). The van der Waals surface area contributed by atoms with Crippen molar-refractivity contribution in [3.63, 3.8) is 0 Å². The first-order chi connectivity index (χ1) is 12.6. The van der Waals surface area contributed by atoms with E-state index in [1.165, 1.54) is 28.8 Å². The second-order valence-corrected chi connectivity index (χ2v) is 7.71. The van der Waals surface area contributed by atoms with E-state index in [0.717, 1.165) is 0 Å². The number of nitro groups is 1. The summed E-state index contributed by atoms with van der Waals surface area (Å²) < 4.78 is 34.6. The highest BCUT2D eigenvalue weighted by Gasteiger charge is 2.22. The predicted molar refractivity (Wildman–Crippen MR) is 99.5 cm³/mol. The zero-order chi connectivity index (χ0) is 19.9. The minimum absolute atomic E-state index is 0.0373. The second kappa shape index (κ2) is 6.54. The number of anilines is 1. The van der Waals surface area contributed by atoms with Gasteiger partial charge < -0.3 is 4.42 Å². The topological polar surface area (TPSA) is 124 Å². The van der Waals surface area contributed by atoms with Gasteiger partial charge in [-0.25, -0.2) is 13.2 Å². The molecule has 10 heteroatoms. The van der Waals surface area contributed by atoms with E-state index in [1.807, 2.05) is 0 Å². The number of rotatable bonds is 5. The Morgan fingerprint density at radius 2 is 1.89 bits per heavy atom. The normalized spacial score (nSPS) is 11.7. The first kappa shape index (κ1) is 18.6. The molecule has 1 heterocycles. The summed E-state index contributed by atoms with van der Waals surface area (Å²) in [5.74, 6) is -0.555. The van der Waals surface area contributed by atoms with E-state index < -0.39 is 20.7 Å². The maximum absolute atomic E-state index is 12.8. The third-order valence-corrected chi connectivity index (χ3v) is 5.74. The number of aromatic nitrogens is 1. The van der Waals surface area contributed by atoms with Crippen LogP contribution in [0, 0.1) is 24.0 Å². The minimum atomic E-state index is -3.99. The molecule has 27 heavy (non-hydrogen) atoms. The van der Waals surface area contributed by atoms with Crippen molar-refractivity contribution in [1.82, 2.24) is 4.57 Å². The molecule has 0 saturated heterocycles. The van der Waals surface area contributed by atoms with Crippen LogP contribution in [0.5, 0.6) is 0 Å². The number of hydrogen-bond acceptors (Lipinski definition) is 6. The van der Waals surface area contributed by atoms with Crippen LogP contribution >= 0.6 is 0 Å². The van der Waals surface area contributed by atoms with E-state index in [-0.39, 0.29) is 21.9 Å². The van der Waals surface area contributed by atoms with Crippen molar-refractivity contribution in [2.45, 2.75) is 32.2 Å². The molecule has 2 aromatic carbocycles. The predicted octanol–water partition coefficient (Wildman–Crippen LogP) is 2.94. The molecule has 0 bridgehead atoms. The number of oxazole rings is 1. The number of non-ortho nitro benzene ring substituents is 1. The van der Waals surface area contributed by atoms with E-state index in [9.17, 15) is 23.3 Å². The van der Waals surface area contributed by atoms with E-state index in [4.69, 9.17) is 4.42 Å². The fourth-order valence-electron chi connectivity index (χ4n) is 2.86. The average Bonchev–Trinajstić information content (AvgIpc) is 2.89. The van der Waals surface area contributed by atoms with Crippen molar-refractivity contribution >= 4 is 32.5 Å². The lowest BCUT2D eigenvalue weighted by atomic mass is 10.2. The van der Waals surface area contributed by atoms with Crippen molar-refractivity contribution in [3.8, 4) is 0 Å². The van der Waals surface area contributed by atoms with Crippen molar-refractivity contribution in [3.05, 3.63) is 62.1 Å². The minimum Gasteiger partial charge on any atom is -0.408 e. The van der Waals surface area contributed by atoms with Gasteiger partial charge in [0.15, 0.2) is 5.58 Å². The Kier molecular flexibility index (Phi) is 4.52. The van der Waals surface area contributed by atoms with E-state index >= 15 is 0 Å². The quantitative estimate of drug-likeness (QED) is 0.527. The van der Waals surface area contributed by atoms with Crippen LogP contribution in [0.3, 0.4) is 0 Å². The van der Waals surface area contributed by atoms with Gasteiger partial charge in [-0.2, -0.15) is 0 Å². The zero-order valence-electron chi connectivity index (χ0n) is 14.8. The summed E-state index contributed by atoms with van der Waals surface area (Å²) in [6.07, 6.45) is 0. The van der Waals surface area contributed by atoms with Crippen LogP contribution in [0.2, 0.25) is 0 Å². The molecule has 0 fully saturated rings. The van der Waals surface area contributed by atoms with Gasteiger partial charge in [0.05, 0.1) is 21.0 Å². The lowest BCUT2D eigenvalue weighted by molar-refractivity contribution is -0.384. The number of benzene rings is 2. The average molecular weight is 391 g/mol. The lowest BCUT2D eigenvalue weighted by Gasteiger charge is -2.12. The molecule has 0 atom stereocenters. The summed E-state index contributed by atoms with van der Waals surface area (Å²) in [6.45, 7) is 5.38. The number of aryl methyl sites for hydroxylation is 3. The fourth-order valence-corrected chi connectivity index (χ4v) is 4.23. The summed E-state index contributed by atoms with van der Waals surface area (Å²) in [7, 11) is -3.99. The molecular formula is C17H17N3O6S. The number of hydrogen-bond donors (Lipinski definition) is 1. The summed E-state index contributed by atoms with van der Waals surface area (Å²) >= 11 is 0. The molecule has 0 aliphatic carbocycles. The Morgan fingerprint density at radius 3 is 2.48 bits per heavy atom. The van der Waals surface area contributed by atoms with Gasteiger partial charge in [0, 0.05) is 24.7 Å². The Labute approximate surface area is 154 Å². The molecule has 0 unspecified atom stereocenters. The van der Waals surface area contributed by atoms with E-state index in [2.05, 4.69) is 4.72 Å². The molecule has 0 spiro atoms. The number of nitrogens with one attached hydrogen (secondary N) is 1. The van der Waals surface area contributed by atoms with Gasteiger partial charge in [0.25, 0.3) is 15.7 Å². The maximum Gasteiger partial charge on any atom is 0.419 e. The second-order valence-electron chi connectivity index (χ2n) is 6.06. The van der Waals surface area contributed by atoms with E-state index in [0.29, 0.717) is 23.2 Å². The molecule has 0 saturated carbocycles. The summed E-state index contributed by atoms with van der Waals surface area (Å²) in [6, 6.07) is 6.74. The van der Waals surface area contributed by atoms with Crippen LogP contribution in [0.25, 0.3) is 11.1 Å². The van der Waals surface area contributed by atoms with Crippen LogP contribution < -0.4 is 10.5 Å². The molecule has 0 aliphatic heterocycles. The standard InChI is InChI=1S/C17H17N3O6S/c1-4-19-14-8-11(3)16(9-15(14)26-17(19)21)27(24,25)18-13-6-5-12(20(22)23)7-10(13)2/h5-9,18H,4H2,1-3H3. The number of sulfonamides is 1. The van der Waals surface area contributed by atoms with Crippen molar-refractivity contribution < 1.29 is 17.8 Å². The summed E-state index contributed by atoms with van der Waals surface area (Å²) in [4.78, 5) is 22.1. The fraction of sp³-hybridized carbons (Fsp3) is 0.235. The Hall–Kier alpha value is -3.14. The highest BCUT2D eigenvalue weighted by molar-refractivity contribution is 7.92. The summed E-state index contributed by atoms with van der Waals surface area (Å²) in [5.41, 5.74) is 1.65. The molecule has 0 aliphatic rings. The Morgan fingerprint density at radius 1 is 1.19 bits per heavy atom.